The number of halogens is 5. The quantitative estimate of drug-likeness (QED) is 0.556. The van der Waals surface area contributed by atoms with E-state index in [0.29, 0.717) is 19.3 Å². The van der Waals surface area contributed by atoms with Crippen molar-refractivity contribution in [2.24, 2.45) is 11.8 Å². The van der Waals surface area contributed by atoms with Gasteiger partial charge in [-0.05, 0) is 31.4 Å². The molecule has 0 saturated heterocycles. The summed E-state index contributed by atoms with van der Waals surface area (Å²) in [6.07, 6.45) is -3.05. The van der Waals surface area contributed by atoms with Crippen LogP contribution in [0.4, 0.5) is 17.6 Å². The molecule has 0 spiro atoms. The van der Waals surface area contributed by atoms with Crippen LogP contribution in [0.1, 0.15) is 30.7 Å². The molecule has 0 aliphatic heterocycles. The van der Waals surface area contributed by atoms with Crippen molar-refractivity contribution in [2.45, 2.75) is 31.4 Å². The number of carbonyl (C=O) groups is 2. The topological polar surface area (TPSA) is 43.4 Å². The van der Waals surface area contributed by atoms with Crippen LogP contribution in [0.15, 0.2) is 16.6 Å². The zero-order chi connectivity index (χ0) is 17.6. The van der Waals surface area contributed by atoms with E-state index in [4.69, 9.17) is 4.74 Å². The molecule has 2 fully saturated rings. The van der Waals surface area contributed by atoms with Crippen LogP contribution in [-0.2, 0) is 9.59 Å². The smallest absolute Gasteiger partial charge is 0.422 e. The van der Waals surface area contributed by atoms with Crippen LogP contribution in [-0.4, -0.2) is 24.3 Å². The number of carbonyl (C=O) groups excluding carboxylic acids is 2. The molecule has 8 heteroatoms. The second kappa shape index (κ2) is 6.13. The Bertz CT molecular complexity index is 679. The fourth-order valence-corrected chi connectivity index (χ4v) is 3.92. The lowest BCUT2D eigenvalue weighted by atomic mass is 9.75. The number of alkyl halides is 3. The minimum absolute atomic E-state index is 0.166. The van der Waals surface area contributed by atoms with Crippen LogP contribution < -0.4 is 4.74 Å². The molecule has 0 amide bonds. The molecule has 1 aromatic rings. The van der Waals surface area contributed by atoms with E-state index < -0.39 is 41.8 Å². The van der Waals surface area contributed by atoms with Gasteiger partial charge in [0.25, 0.3) is 0 Å². The molecular weight excluding hydrogens is 396 g/mol. The van der Waals surface area contributed by atoms with Crippen molar-refractivity contribution in [2.75, 3.05) is 6.61 Å². The summed E-state index contributed by atoms with van der Waals surface area (Å²) in [5.41, 5.74) is -0.381. The van der Waals surface area contributed by atoms with E-state index in [0.717, 1.165) is 12.1 Å². The molecule has 2 saturated carbocycles. The van der Waals surface area contributed by atoms with Crippen molar-refractivity contribution in [1.29, 1.82) is 0 Å². The summed E-state index contributed by atoms with van der Waals surface area (Å²) < 4.78 is 56.6. The van der Waals surface area contributed by atoms with Crippen LogP contribution >= 0.6 is 15.9 Å². The predicted octanol–water partition coefficient (Wildman–Crippen LogP) is 4.18. The average Bonchev–Trinajstić information content (AvgIpc) is 2.91. The first kappa shape index (κ1) is 17.4. The molecule has 24 heavy (non-hydrogen) atoms. The molecule has 0 radical (unpaired) electrons. The van der Waals surface area contributed by atoms with Gasteiger partial charge < -0.3 is 4.74 Å². The number of hydrogen-bond donors (Lipinski definition) is 0. The average molecular weight is 409 g/mol. The van der Waals surface area contributed by atoms with E-state index in [-0.39, 0.29) is 21.9 Å². The molecule has 0 heterocycles. The number of rotatable bonds is 3. The van der Waals surface area contributed by atoms with Gasteiger partial charge in [-0.2, -0.15) is 13.2 Å². The van der Waals surface area contributed by atoms with Crippen molar-refractivity contribution in [1.82, 2.24) is 0 Å². The molecule has 2 unspecified atom stereocenters. The summed E-state index contributed by atoms with van der Waals surface area (Å²) in [7, 11) is 0. The molecule has 3 nitrogen and oxygen atoms in total. The molecule has 3 rings (SSSR count). The lowest BCUT2D eigenvalue weighted by Crippen LogP contribution is -2.35. The molecule has 2 aliphatic rings. The van der Waals surface area contributed by atoms with E-state index >= 15 is 0 Å². The summed E-state index contributed by atoms with van der Waals surface area (Å²) in [5, 5.41) is 0. The Balaban J connectivity index is 2.03. The second-order valence-corrected chi connectivity index (χ2v) is 7.06. The van der Waals surface area contributed by atoms with Gasteiger partial charge in [-0.15, -0.1) is 0 Å². The summed E-state index contributed by atoms with van der Waals surface area (Å²) in [6, 6.07) is 2.17. The first-order chi connectivity index (χ1) is 11.2. The molecule has 130 valence electrons. The fraction of sp³-hybridized carbons (Fsp3) is 0.500. The van der Waals surface area contributed by atoms with Crippen LogP contribution in [0.3, 0.4) is 0 Å². The van der Waals surface area contributed by atoms with Gasteiger partial charge in [0.1, 0.15) is 17.5 Å². The highest BCUT2D eigenvalue weighted by molar-refractivity contribution is 9.10. The maximum absolute atomic E-state index is 14.4. The summed E-state index contributed by atoms with van der Waals surface area (Å²) >= 11 is 2.99. The molecular formula is C16H13BrF4O3. The molecule has 2 aliphatic carbocycles. The van der Waals surface area contributed by atoms with Gasteiger partial charge in [-0.3, -0.25) is 9.59 Å². The van der Waals surface area contributed by atoms with Crippen molar-refractivity contribution in [3.8, 4) is 5.75 Å². The van der Waals surface area contributed by atoms with Crippen LogP contribution in [0, 0.1) is 17.7 Å². The molecule has 2 atom stereocenters. The minimum Gasteiger partial charge on any atom is -0.484 e. The first-order valence-electron chi connectivity index (χ1n) is 7.43. The van der Waals surface area contributed by atoms with Crippen molar-refractivity contribution >= 4 is 27.5 Å². The highest BCUT2D eigenvalue weighted by atomic mass is 79.9. The van der Waals surface area contributed by atoms with Gasteiger partial charge in [0.2, 0.25) is 0 Å². The van der Waals surface area contributed by atoms with E-state index in [1.807, 2.05) is 0 Å². The number of ether oxygens (including phenoxy) is 1. The Morgan fingerprint density at radius 3 is 2.25 bits per heavy atom. The lowest BCUT2D eigenvalue weighted by Gasteiger charge is -2.27. The maximum atomic E-state index is 14.4. The van der Waals surface area contributed by atoms with Crippen molar-refractivity contribution in [3.63, 3.8) is 0 Å². The molecule has 2 bridgehead atoms. The summed E-state index contributed by atoms with van der Waals surface area (Å²) in [4.78, 5) is 25.0. The SMILES string of the molecule is O=C1C2CCC(C2)C(=O)C1c1c(F)cc(Br)cc1OCC(F)(F)F. The Morgan fingerprint density at radius 1 is 1.12 bits per heavy atom. The normalized spacial score (nSPS) is 26.8. The molecule has 0 aromatic heterocycles. The number of Topliss-reactive ketones (excluding diaryl/α,β-unsaturated/α-hetero) is 2. The van der Waals surface area contributed by atoms with Gasteiger partial charge in [-0.25, -0.2) is 4.39 Å². The fourth-order valence-electron chi connectivity index (χ4n) is 3.51. The van der Waals surface area contributed by atoms with Gasteiger partial charge in [0.05, 0.1) is 0 Å². The number of hydrogen-bond acceptors (Lipinski definition) is 3. The maximum Gasteiger partial charge on any atom is 0.422 e. The second-order valence-electron chi connectivity index (χ2n) is 6.15. The highest BCUT2D eigenvalue weighted by Gasteiger charge is 2.49. The Hall–Kier alpha value is -1.44. The van der Waals surface area contributed by atoms with Crippen LogP contribution in [0.2, 0.25) is 0 Å². The van der Waals surface area contributed by atoms with E-state index in [1.54, 1.807) is 0 Å². The zero-order valence-electron chi connectivity index (χ0n) is 12.3. The summed E-state index contributed by atoms with van der Waals surface area (Å²) in [5.74, 6) is -4.25. The third-order valence-electron chi connectivity index (χ3n) is 4.54. The molecule has 0 N–H and O–H groups in total. The van der Waals surface area contributed by atoms with Crippen molar-refractivity contribution < 1.29 is 31.9 Å². The minimum atomic E-state index is -4.62. The third kappa shape index (κ3) is 3.20. The van der Waals surface area contributed by atoms with Crippen molar-refractivity contribution in [3.05, 3.63) is 28.0 Å². The highest BCUT2D eigenvalue weighted by Crippen LogP contribution is 2.46. The largest absolute Gasteiger partial charge is 0.484 e. The van der Waals surface area contributed by atoms with E-state index in [1.165, 1.54) is 0 Å². The summed E-state index contributed by atoms with van der Waals surface area (Å²) in [6.45, 7) is -1.63. The van der Waals surface area contributed by atoms with Crippen LogP contribution in [0.25, 0.3) is 0 Å². The standard InChI is InChI=1S/C16H13BrF4O3/c17-9-4-10(18)12(11(5-9)24-6-16(19,20)21)13-14(22)7-1-2-8(3-7)15(13)23/h4-5,7-8,13H,1-3,6H2. The first-order valence-corrected chi connectivity index (χ1v) is 8.22. The van der Waals surface area contributed by atoms with Gasteiger partial charge >= 0.3 is 6.18 Å². The van der Waals surface area contributed by atoms with E-state index in [9.17, 15) is 27.2 Å². The predicted molar refractivity (Wildman–Crippen MR) is 79.2 cm³/mol. The Labute approximate surface area is 143 Å². The van der Waals surface area contributed by atoms with E-state index in [2.05, 4.69) is 15.9 Å². The monoisotopic (exact) mass is 408 g/mol. The van der Waals surface area contributed by atoms with Crippen LogP contribution in [0.5, 0.6) is 5.75 Å². The van der Waals surface area contributed by atoms with Gasteiger partial charge in [0.15, 0.2) is 18.2 Å². The molecule has 1 aromatic carbocycles. The van der Waals surface area contributed by atoms with Gasteiger partial charge in [0, 0.05) is 21.9 Å². The lowest BCUT2D eigenvalue weighted by molar-refractivity contribution is -0.153. The number of fused-ring (bicyclic) bond motifs is 2. The number of benzene rings is 1. The zero-order valence-corrected chi connectivity index (χ0v) is 13.9. The Kier molecular flexibility index (Phi) is 4.44. The third-order valence-corrected chi connectivity index (χ3v) is 5.00. The number of ketones is 2. The van der Waals surface area contributed by atoms with Gasteiger partial charge in [-0.1, -0.05) is 15.9 Å². The Morgan fingerprint density at radius 2 is 1.71 bits per heavy atom.